The van der Waals surface area contributed by atoms with Crippen molar-refractivity contribution in [3.63, 3.8) is 0 Å². The molecule has 1 amide bonds. The van der Waals surface area contributed by atoms with Gasteiger partial charge >= 0.3 is 0 Å². The van der Waals surface area contributed by atoms with Crippen LogP contribution in [0.15, 0.2) is 29.6 Å². The fraction of sp³-hybridized carbons (Fsp3) is 0.444. The highest BCUT2D eigenvalue weighted by Crippen LogP contribution is 2.32. The standard InChI is InChI=1S/C18H21N3O3S.H2/c22-15-5-2-1-4-13(15)14-12-25-18(19-14)21-9-7-20(8-10-21)17(23)16-6-3-11-24-16;/h1-2,4-5,12,16,22H,3,6-11H2;1H/t16-;/m0./s1. The molecule has 1 atom stereocenters. The molecule has 2 fully saturated rings. The first kappa shape index (κ1) is 16.4. The fourth-order valence-electron chi connectivity index (χ4n) is 3.32. The zero-order valence-corrected chi connectivity index (χ0v) is 14.7. The number of phenols is 1. The minimum atomic E-state index is -0.237. The molecule has 0 radical (unpaired) electrons. The summed E-state index contributed by atoms with van der Waals surface area (Å²) >= 11 is 1.57. The molecule has 0 unspecified atom stereocenters. The Labute approximate surface area is 152 Å². The predicted octanol–water partition coefficient (Wildman–Crippen LogP) is 2.59. The van der Waals surface area contributed by atoms with Crippen molar-refractivity contribution in [1.82, 2.24) is 9.88 Å². The number of ether oxygens (including phenoxy) is 1. The lowest BCUT2D eigenvalue weighted by molar-refractivity contribution is -0.141. The van der Waals surface area contributed by atoms with Crippen LogP contribution in [0.25, 0.3) is 11.3 Å². The van der Waals surface area contributed by atoms with Gasteiger partial charge in [-0.2, -0.15) is 0 Å². The molecule has 2 aliphatic heterocycles. The summed E-state index contributed by atoms with van der Waals surface area (Å²) in [4.78, 5) is 21.2. The molecule has 2 aromatic rings. The lowest BCUT2D eigenvalue weighted by Crippen LogP contribution is -2.51. The molecule has 25 heavy (non-hydrogen) atoms. The number of thiazole rings is 1. The molecule has 2 aliphatic rings. The van der Waals surface area contributed by atoms with E-state index in [1.807, 2.05) is 22.4 Å². The summed E-state index contributed by atoms with van der Waals surface area (Å²) in [5.41, 5.74) is 1.54. The summed E-state index contributed by atoms with van der Waals surface area (Å²) in [6.07, 6.45) is 1.58. The highest BCUT2D eigenvalue weighted by atomic mass is 32.1. The normalized spacial score (nSPS) is 20.9. The van der Waals surface area contributed by atoms with Crippen LogP contribution in [0.3, 0.4) is 0 Å². The number of hydrogen-bond donors (Lipinski definition) is 1. The zero-order chi connectivity index (χ0) is 17.2. The number of nitrogens with zero attached hydrogens (tertiary/aromatic N) is 3. The second-order valence-corrected chi connectivity index (χ2v) is 7.18. The molecule has 1 aromatic carbocycles. The van der Waals surface area contributed by atoms with E-state index >= 15 is 0 Å². The average Bonchev–Trinajstić information content (AvgIpc) is 3.34. The number of aromatic nitrogens is 1. The molecule has 6 nitrogen and oxygen atoms in total. The van der Waals surface area contributed by atoms with Crippen LogP contribution >= 0.6 is 11.3 Å². The van der Waals surface area contributed by atoms with E-state index in [2.05, 4.69) is 9.88 Å². The zero-order valence-electron chi connectivity index (χ0n) is 13.9. The molecule has 0 bridgehead atoms. The van der Waals surface area contributed by atoms with Crippen molar-refractivity contribution < 1.29 is 16.1 Å². The van der Waals surface area contributed by atoms with Gasteiger partial charge in [-0.05, 0) is 25.0 Å². The first-order valence-electron chi connectivity index (χ1n) is 8.61. The van der Waals surface area contributed by atoms with Crippen molar-refractivity contribution in [3.05, 3.63) is 29.6 Å². The maximum absolute atomic E-state index is 12.4. The van der Waals surface area contributed by atoms with Crippen molar-refractivity contribution in [3.8, 4) is 17.0 Å². The molecule has 0 spiro atoms. The minimum Gasteiger partial charge on any atom is -0.507 e. The third-order valence-corrected chi connectivity index (χ3v) is 5.64. The molecule has 134 valence electrons. The molecule has 2 saturated heterocycles. The van der Waals surface area contributed by atoms with E-state index in [0.29, 0.717) is 19.7 Å². The molecular formula is C18H23N3O3S. The van der Waals surface area contributed by atoms with Crippen LogP contribution in [-0.4, -0.2) is 59.8 Å². The summed E-state index contributed by atoms with van der Waals surface area (Å²) in [7, 11) is 0. The maximum atomic E-state index is 12.4. The van der Waals surface area contributed by atoms with E-state index in [0.717, 1.165) is 42.3 Å². The average molecular weight is 361 g/mol. The predicted molar refractivity (Wildman–Crippen MR) is 99.1 cm³/mol. The van der Waals surface area contributed by atoms with Gasteiger partial charge < -0.3 is 19.6 Å². The van der Waals surface area contributed by atoms with Crippen LogP contribution in [0.2, 0.25) is 0 Å². The van der Waals surface area contributed by atoms with Gasteiger partial charge in [-0.3, -0.25) is 4.79 Å². The minimum absolute atomic E-state index is 0. The Morgan fingerprint density at radius 3 is 2.80 bits per heavy atom. The Hall–Kier alpha value is -2.12. The number of carbonyl (C=O) groups excluding carboxylic acids is 1. The number of rotatable bonds is 3. The van der Waals surface area contributed by atoms with Gasteiger partial charge in [0.05, 0.1) is 5.69 Å². The van der Waals surface area contributed by atoms with Gasteiger partial charge in [0.25, 0.3) is 5.91 Å². The largest absolute Gasteiger partial charge is 0.507 e. The topological polar surface area (TPSA) is 65.9 Å². The highest BCUT2D eigenvalue weighted by Gasteiger charge is 2.30. The van der Waals surface area contributed by atoms with Gasteiger partial charge in [-0.25, -0.2) is 4.98 Å². The van der Waals surface area contributed by atoms with Crippen LogP contribution in [0.5, 0.6) is 5.75 Å². The maximum Gasteiger partial charge on any atom is 0.251 e. The Bertz CT molecular complexity index is 756. The molecular weight excluding hydrogens is 338 g/mol. The van der Waals surface area contributed by atoms with Crippen molar-refractivity contribution in [1.29, 1.82) is 0 Å². The fourth-order valence-corrected chi connectivity index (χ4v) is 4.20. The number of para-hydroxylation sites is 1. The Kier molecular flexibility index (Phi) is 4.59. The molecule has 1 aromatic heterocycles. The van der Waals surface area contributed by atoms with Gasteiger partial charge in [-0.1, -0.05) is 12.1 Å². The van der Waals surface area contributed by atoms with E-state index in [-0.39, 0.29) is 19.2 Å². The van der Waals surface area contributed by atoms with Crippen molar-refractivity contribution in [2.24, 2.45) is 0 Å². The lowest BCUT2D eigenvalue weighted by Gasteiger charge is -2.35. The molecule has 4 rings (SSSR count). The van der Waals surface area contributed by atoms with Crippen LogP contribution in [0.1, 0.15) is 14.3 Å². The summed E-state index contributed by atoms with van der Waals surface area (Å²) in [5, 5.41) is 12.9. The number of phenolic OH excluding ortho intramolecular Hbond substituents is 1. The van der Waals surface area contributed by atoms with Gasteiger partial charge in [0.2, 0.25) is 0 Å². The van der Waals surface area contributed by atoms with Crippen LogP contribution < -0.4 is 4.90 Å². The summed E-state index contributed by atoms with van der Waals surface area (Å²) in [6, 6.07) is 7.23. The quantitative estimate of drug-likeness (QED) is 0.910. The summed E-state index contributed by atoms with van der Waals surface area (Å²) in [5.74, 6) is 0.373. The first-order chi connectivity index (χ1) is 12.2. The highest BCUT2D eigenvalue weighted by molar-refractivity contribution is 7.14. The Morgan fingerprint density at radius 1 is 1.28 bits per heavy atom. The number of anilines is 1. The third-order valence-electron chi connectivity index (χ3n) is 4.74. The second kappa shape index (κ2) is 7.01. The summed E-state index contributed by atoms with van der Waals surface area (Å²) in [6.45, 7) is 3.64. The Balaban J connectivity index is 0.00000196. The van der Waals surface area contributed by atoms with Crippen LogP contribution in [0.4, 0.5) is 5.13 Å². The van der Waals surface area contributed by atoms with E-state index < -0.39 is 0 Å². The van der Waals surface area contributed by atoms with Crippen molar-refractivity contribution in [2.75, 3.05) is 37.7 Å². The van der Waals surface area contributed by atoms with Gasteiger partial charge in [0, 0.05) is 45.2 Å². The molecule has 1 N–H and O–H groups in total. The summed E-state index contributed by atoms with van der Waals surface area (Å²) < 4.78 is 5.50. The second-order valence-electron chi connectivity index (χ2n) is 6.35. The van der Waals surface area contributed by atoms with E-state index in [4.69, 9.17) is 4.74 Å². The molecule has 0 aliphatic carbocycles. The SMILES string of the molecule is O=C([C@@H]1CCCO1)N1CCN(c2nc(-c3ccccc3O)cs2)CC1.[HH]. The van der Waals surface area contributed by atoms with Crippen molar-refractivity contribution >= 4 is 22.4 Å². The van der Waals surface area contributed by atoms with Gasteiger partial charge in [0.15, 0.2) is 5.13 Å². The lowest BCUT2D eigenvalue weighted by atomic mass is 10.1. The van der Waals surface area contributed by atoms with Crippen LogP contribution in [-0.2, 0) is 9.53 Å². The van der Waals surface area contributed by atoms with E-state index in [1.165, 1.54) is 0 Å². The molecule has 7 heteroatoms. The van der Waals surface area contributed by atoms with Crippen molar-refractivity contribution in [2.45, 2.75) is 18.9 Å². The Morgan fingerprint density at radius 2 is 2.08 bits per heavy atom. The number of amides is 1. The first-order valence-corrected chi connectivity index (χ1v) is 9.49. The number of aromatic hydroxyl groups is 1. The monoisotopic (exact) mass is 361 g/mol. The number of benzene rings is 1. The van der Waals surface area contributed by atoms with Gasteiger partial charge in [0.1, 0.15) is 11.9 Å². The van der Waals surface area contributed by atoms with E-state index in [9.17, 15) is 9.90 Å². The van der Waals surface area contributed by atoms with Crippen LogP contribution in [0, 0.1) is 0 Å². The number of piperazine rings is 1. The smallest absolute Gasteiger partial charge is 0.251 e. The van der Waals surface area contributed by atoms with Gasteiger partial charge in [-0.15, -0.1) is 11.3 Å². The van der Waals surface area contributed by atoms with E-state index in [1.54, 1.807) is 23.5 Å². The number of carbonyl (C=O) groups is 1. The molecule has 3 heterocycles. The molecule has 0 saturated carbocycles. The third kappa shape index (κ3) is 3.34. The number of hydrogen-bond acceptors (Lipinski definition) is 6.